The Morgan fingerprint density at radius 2 is 1.76 bits per heavy atom. The molecule has 45 heavy (non-hydrogen) atoms. The number of carbonyl (C=O) groups is 1. The molecule has 17 heteroatoms. The topological polar surface area (TPSA) is 147 Å². The van der Waals surface area contributed by atoms with Crippen molar-refractivity contribution >= 4 is 38.8 Å². The Balaban J connectivity index is 1.41. The van der Waals surface area contributed by atoms with Gasteiger partial charge in [-0.1, -0.05) is 12.1 Å². The Labute approximate surface area is 255 Å². The first-order valence-electron chi connectivity index (χ1n) is 13.6. The summed E-state index contributed by atoms with van der Waals surface area (Å²) in [6, 6.07) is 7.37. The number of fused-ring (bicyclic) bond motifs is 1. The van der Waals surface area contributed by atoms with Gasteiger partial charge in [-0.05, 0) is 35.9 Å². The number of ether oxygens (including phenoxy) is 1. The fraction of sp³-hybridized carbons (Fsp3) is 0.321. The molecule has 4 aromatic rings. The molecule has 0 spiro atoms. The van der Waals surface area contributed by atoms with Gasteiger partial charge in [-0.3, -0.25) is 9.30 Å². The molecule has 1 fully saturated rings. The Kier molecular flexibility index (Phi) is 8.97. The molecule has 2 aromatic heterocycles. The molecule has 3 heterocycles. The molecule has 5 rings (SSSR count). The summed E-state index contributed by atoms with van der Waals surface area (Å²) >= 11 is 0. The second-order valence-electron chi connectivity index (χ2n) is 10.5. The van der Waals surface area contributed by atoms with E-state index in [1.54, 1.807) is 37.7 Å². The van der Waals surface area contributed by atoms with Crippen LogP contribution in [0.25, 0.3) is 16.6 Å². The highest BCUT2D eigenvalue weighted by Crippen LogP contribution is 2.37. The SMILES string of the molecule is COCc1c(-c2ccc(NC(=O)Nc3cc(C(F)(F)F)ccc3F)cc2)c2c(N)nncn2c1CN1CCN(S(C)(=O)=O)CC1. The number of sulfonamides is 1. The molecule has 1 aliphatic heterocycles. The maximum Gasteiger partial charge on any atom is 0.416 e. The third-order valence-corrected chi connectivity index (χ3v) is 8.73. The maximum atomic E-state index is 14.1. The molecule has 0 bridgehead atoms. The number of methoxy groups -OCH3 is 1. The highest BCUT2D eigenvalue weighted by Gasteiger charge is 2.31. The maximum absolute atomic E-state index is 14.1. The molecule has 4 N–H and O–H groups in total. The normalized spacial score (nSPS) is 15.0. The van der Waals surface area contributed by atoms with E-state index in [0.29, 0.717) is 62.0 Å². The Hall–Kier alpha value is -4.32. The summed E-state index contributed by atoms with van der Waals surface area (Å²) in [6.07, 6.45) is -1.97. The molecule has 240 valence electrons. The number of nitrogen functional groups attached to an aromatic ring is 1. The van der Waals surface area contributed by atoms with E-state index in [-0.39, 0.29) is 18.1 Å². The summed E-state index contributed by atoms with van der Waals surface area (Å²) in [5, 5.41) is 12.7. The predicted octanol–water partition coefficient (Wildman–Crippen LogP) is 4.00. The zero-order chi connectivity index (χ0) is 32.5. The summed E-state index contributed by atoms with van der Waals surface area (Å²) < 4.78 is 86.0. The lowest BCUT2D eigenvalue weighted by molar-refractivity contribution is -0.137. The van der Waals surface area contributed by atoms with Crippen LogP contribution < -0.4 is 16.4 Å². The largest absolute Gasteiger partial charge is 0.416 e. The number of hydrogen-bond donors (Lipinski definition) is 3. The Bertz CT molecular complexity index is 1820. The number of alkyl halides is 3. The molecular formula is C28H30F4N8O4S. The minimum absolute atomic E-state index is 0.169. The molecule has 0 unspecified atom stereocenters. The van der Waals surface area contributed by atoms with Crippen LogP contribution in [0.1, 0.15) is 16.8 Å². The van der Waals surface area contributed by atoms with Gasteiger partial charge in [0.1, 0.15) is 12.1 Å². The van der Waals surface area contributed by atoms with Crippen LogP contribution in [0, 0.1) is 5.82 Å². The van der Waals surface area contributed by atoms with Crippen molar-refractivity contribution in [1.29, 1.82) is 0 Å². The van der Waals surface area contributed by atoms with E-state index in [2.05, 4.69) is 25.7 Å². The van der Waals surface area contributed by atoms with Crippen molar-refractivity contribution in [2.75, 3.05) is 55.9 Å². The van der Waals surface area contributed by atoms with Crippen LogP contribution >= 0.6 is 0 Å². The number of hydrogen-bond acceptors (Lipinski definition) is 8. The van der Waals surface area contributed by atoms with Gasteiger partial charge < -0.3 is 21.1 Å². The highest BCUT2D eigenvalue weighted by molar-refractivity contribution is 7.88. The third-order valence-electron chi connectivity index (χ3n) is 7.43. The molecule has 2 aromatic carbocycles. The van der Waals surface area contributed by atoms with Crippen molar-refractivity contribution < 1.29 is 35.5 Å². The van der Waals surface area contributed by atoms with Gasteiger partial charge >= 0.3 is 12.2 Å². The lowest BCUT2D eigenvalue weighted by Gasteiger charge is -2.33. The van der Waals surface area contributed by atoms with Crippen LogP contribution in [0.5, 0.6) is 0 Å². The lowest BCUT2D eigenvalue weighted by atomic mass is 10.0. The Morgan fingerprint density at radius 1 is 1.07 bits per heavy atom. The van der Waals surface area contributed by atoms with Crippen molar-refractivity contribution in [1.82, 2.24) is 23.8 Å². The first kappa shape index (κ1) is 32.1. The first-order valence-corrected chi connectivity index (χ1v) is 15.5. The van der Waals surface area contributed by atoms with Crippen LogP contribution in [0.2, 0.25) is 0 Å². The number of nitrogens with zero attached hydrogens (tertiary/aromatic N) is 5. The minimum Gasteiger partial charge on any atom is -0.380 e. The van der Waals surface area contributed by atoms with Crippen LogP contribution in [-0.4, -0.2) is 77.8 Å². The average molecular weight is 651 g/mol. The molecule has 12 nitrogen and oxygen atoms in total. The molecule has 0 aliphatic carbocycles. The van der Waals surface area contributed by atoms with Crippen LogP contribution in [-0.2, 0) is 34.1 Å². The number of nitrogens with one attached hydrogen (secondary N) is 2. The number of anilines is 3. The molecule has 1 aliphatic rings. The summed E-state index contributed by atoms with van der Waals surface area (Å²) in [7, 11) is -1.73. The van der Waals surface area contributed by atoms with Crippen LogP contribution in [0.3, 0.4) is 0 Å². The van der Waals surface area contributed by atoms with E-state index >= 15 is 0 Å². The average Bonchev–Trinajstić information content (AvgIpc) is 3.28. The van der Waals surface area contributed by atoms with E-state index in [1.807, 2.05) is 4.40 Å². The number of rotatable bonds is 8. The number of carbonyl (C=O) groups excluding carboxylic acids is 1. The standard InChI is InChI=1S/C28H30F4N8O4S/c1-44-15-20-23(14-38-9-11-39(12-10-38)45(2,42)43)40-16-34-37-26(33)25(40)24(20)17-3-6-19(7-4-17)35-27(41)36-22-13-18(28(30,31)32)5-8-21(22)29/h3-8,13,16H,9-12,14-15H2,1-2H3,(H2,33,37)(H2,35,36,41). The molecule has 0 atom stereocenters. The van der Waals surface area contributed by atoms with Crippen molar-refractivity contribution in [2.45, 2.75) is 19.3 Å². The molecule has 0 radical (unpaired) electrons. The van der Waals surface area contributed by atoms with E-state index < -0.39 is 39.3 Å². The van der Waals surface area contributed by atoms with Crippen LogP contribution in [0.15, 0.2) is 48.8 Å². The highest BCUT2D eigenvalue weighted by atomic mass is 32.2. The van der Waals surface area contributed by atoms with E-state index in [9.17, 15) is 30.8 Å². The summed E-state index contributed by atoms with van der Waals surface area (Å²) in [6.45, 7) is 2.41. The number of amides is 2. The quantitative estimate of drug-likeness (QED) is 0.243. The van der Waals surface area contributed by atoms with Crippen molar-refractivity contribution in [3.63, 3.8) is 0 Å². The minimum atomic E-state index is -4.70. The molecular weight excluding hydrogens is 620 g/mol. The zero-order valence-electron chi connectivity index (χ0n) is 24.2. The van der Waals surface area contributed by atoms with Gasteiger partial charge in [-0.25, -0.2) is 17.6 Å². The second-order valence-corrected chi connectivity index (χ2v) is 12.4. The summed E-state index contributed by atoms with van der Waals surface area (Å²) in [5.74, 6) is -0.851. The molecule has 0 saturated carbocycles. The molecule has 1 saturated heterocycles. The van der Waals surface area contributed by atoms with Gasteiger partial charge in [-0.2, -0.15) is 17.5 Å². The summed E-state index contributed by atoms with van der Waals surface area (Å²) in [4.78, 5) is 14.6. The first-order chi connectivity index (χ1) is 21.3. The molecule has 2 amide bonds. The number of nitrogens with two attached hydrogens (primary N) is 1. The van der Waals surface area contributed by atoms with Gasteiger partial charge in [-0.15, -0.1) is 10.2 Å². The van der Waals surface area contributed by atoms with E-state index in [0.717, 1.165) is 16.8 Å². The van der Waals surface area contributed by atoms with E-state index in [4.69, 9.17) is 10.5 Å². The van der Waals surface area contributed by atoms with Gasteiger partial charge in [0, 0.05) is 62.3 Å². The van der Waals surface area contributed by atoms with Gasteiger partial charge in [0.2, 0.25) is 10.0 Å². The number of urea groups is 1. The zero-order valence-corrected chi connectivity index (χ0v) is 25.0. The number of benzene rings is 2. The van der Waals surface area contributed by atoms with Gasteiger partial charge in [0.05, 0.1) is 29.6 Å². The van der Waals surface area contributed by atoms with Crippen molar-refractivity contribution in [3.8, 4) is 11.1 Å². The third kappa shape index (κ3) is 7.00. The van der Waals surface area contributed by atoms with Gasteiger partial charge in [0.25, 0.3) is 0 Å². The fourth-order valence-electron chi connectivity index (χ4n) is 5.27. The van der Waals surface area contributed by atoms with Crippen LogP contribution in [0.4, 0.5) is 39.5 Å². The second kappa shape index (κ2) is 12.6. The van der Waals surface area contributed by atoms with E-state index in [1.165, 1.54) is 10.6 Å². The smallest absolute Gasteiger partial charge is 0.380 e. The van der Waals surface area contributed by atoms with Crippen molar-refractivity contribution in [3.05, 3.63) is 71.4 Å². The summed E-state index contributed by atoms with van der Waals surface area (Å²) in [5.41, 5.74) is 8.51. The van der Waals surface area contributed by atoms with Gasteiger partial charge in [0.15, 0.2) is 5.82 Å². The number of halogens is 4. The predicted molar refractivity (Wildman–Crippen MR) is 159 cm³/mol. The Morgan fingerprint density at radius 3 is 2.38 bits per heavy atom. The monoisotopic (exact) mass is 650 g/mol. The number of aromatic nitrogens is 3. The number of piperazine rings is 1. The van der Waals surface area contributed by atoms with Crippen molar-refractivity contribution in [2.24, 2.45) is 0 Å². The lowest BCUT2D eigenvalue weighted by Crippen LogP contribution is -2.48. The fourth-order valence-corrected chi connectivity index (χ4v) is 6.10.